The molecule has 2 aliphatic rings. The zero-order chi connectivity index (χ0) is 11.3. The van der Waals surface area contributed by atoms with Gasteiger partial charge in [0, 0.05) is 18.3 Å². The highest BCUT2D eigenvalue weighted by atomic mass is 16.2. The van der Waals surface area contributed by atoms with E-state index in [4.69, 9.17) is 0 Å². The molecule has 0 spiro atoms. The SMILES string of the molecule is CC(C)N1Cc2c(cc3n2CCCC3)C1=O. The summed E-state index contributed by atoms with van der Waals surface area (Å²) < 4.78 is 2.37. The summed E-state index contributed by atoms with van der Waals surface area (Å²) in [6.45, 7) is 6.08. The van der Waals surface area contributed by atoms with Gasteiger partial charge in [0.05, 0.1) is 17.8 Å². The van der Waals surface area contributed by atoms with E-state index in [0.717, 1.165) is 25.1 Å². The summed E-state index contributed by atoms with van der Waals surface area (Å²) in [6.07, 6.45) is 3.66. The molecule has 1 amide bonds. The first kappa shape index (κ1) is 9.94. The fraction of sp³-hybridized carbons (Fsp3) is 0.615. The van der Waals surface area contributed by atoms with Gasteiger partial charge in [0.25, 0.3) is 5.91 Å². The van der Waals surface area contributed by atoms with Crippen molar-refractivity contribution in [3.05, 3.63) is 23.0 Å². The minimum Gasteiger partial charge on any atom is -0.346 e. The van der Waals surface area contributed by atoms with Crippen LogP contribution in [0.25, 0.3) is 0 Å². The highest BCUT2D eigenvalue weighted by Gasteiger charge is 2.33. The van der Waals surface area contributed by atoms with E-state index < -0.39 is 0 Å². The molecule has 0 aromatic carbocycles. The average molecular weight is 218 g/mol. The molecular weight excluding hydrogens is 200 g/mol. The van der Waals surface area contributed by atoms with E-state index >= 15 is 0 Å². The van der Waals surface area contributed by atoms with Crippen molar-refractivity contribution in [3.63, 3.8) is 0 Å². The van der Waals surface area contributed by atoms with Gasteiger partial charge in [-0.1, -0.05) is 0 Å². The Kier molecular flexibility index (Phi) is 2.09. The minimum absolute atomic E-state index is 0.229. The summed E-state index contributed by atoms with van der Waals surface area (Å²) in [5.74, 6) is 0.229. The van der Waals surface area contributed by atoms with Gasteiger partial charge in [-0.2, -0.15) is 0 Å². The molecule has 1 aromatic rings. The number of aryl methyl sites for hydroxylation is 1. The summed E-state index contributed by atoms with van der Waals surface area (Å²) in [4.78, 5) is 14.1. The van der Waals surface area contributed by atoms with Gasteiger partial charge in [-0.3, -0.25) is 4.79 Å². The van der Waals surface area contributed by atoms with E-state index in [1.165, 1.54) is 24.2 Å². The Labute approximate surface area is 96.0 Å². The molecule has 3 rings (SSSR count). The van der Waals surface area contributed by atoms with E-state index in [1.54, 1.807) is 0 Å². The van der Waals surface area contributed by atoms with Gasteiger partial charge in [-0.25, -0.2) is 0 Å². The van der Waals surface area contributed by atoms with Gasteiger partial charge in [-0.15, -0.1) is 0 Å². The van der Waals surface area contributed by atoms with Crippen molar-refractivity contribution in [1.29, 1.82) is 0 Å². The molecule has 3 heteroatoms. The van der Waals surface area contributed by atoms with Crippen LogP contribution in [0.15, 0.2) is 6.07 Å². The predicted molar refractivity (Wildman–Crippen MR) is 62.4 cm³/mol. The number of hydrogen-bond donors (Lipinski definition) is 0. The maximum absolute atomic E-state index is 12.2. The van der Waals surface area contributed by atoms with Gasteiger partial charge >= 0.3 is 0 Å². The van der Waals surface area contributed by atoms with Crippen LogP contribution in [0.1, 0.15) is 48.4 Å². The molecule has 0 radical (unpaired) electrons. The molecule has 3 nitrogen and oxygen atoms in total. The molecule has 16 heavy (non-hydrogen) atoms. The van der Waals surface area contributed by atoms with Crippen LogP contribution in [0.4, 0.5) is 0 Å². The Bertz CT molecular complexity index is 445. The second-order valence-electron chi connectivity index (χ2n) is 5.13. The number of rotatable bonds is 1. The lowest BCUT2D eigenvalue weighted by Crippen LogP contribution is -2.31. The Hall–Kier alpha value is -1.25. The van der Waals surface area contributed by atoms with E-state index in [0.29, 0.717) is 6.04 Å². The molecular formula is C13H18N2O. The number of carbonyl (C=O) groups is 1. The molecule has 0 saturated heterocycles. The summed E-state index contributed by atoms with van der Waals surface area (Å²) in [5, 5.41) is 0. The Balaban J connectivity index is 2.02. The molecule has 0 saturated carbocycles. The first-order chi connectivity index (χ1) is 7.68. The highest BCUT2D eigenvalue weighted by molar-refractivity contribution is 5.98. The summed E-state index contributed by atoms with van der Waals surface area (Å²) >= 11 is 0. The maximum atomic E-state index is 12.2. The van der Waals surface area contributed by atoms with Crippen molar-refractivity contribution in [1.82, 2.24) is 9.47 Å². The third kappa shape index (κ3) is 1.24. The summed E-state index contributed by atoms with van der Waals surface area (Å²) in [7, 11) is 0. The lowest BCUT2D eigenvalue weighted by molar-refractivity contribution is 0.0728. The molecule has 86 valence electrons. The maximum Gasteiger partial charge on any atom is 0.256 e. The van der Waals surface area contributed by atoms with E-state index in [1.807, 2.05) is 4.90 Å². The zero-order valence-electron chi connectivity index (χ0n) is 9.99. The fourth-order valence-electron chi connectivity index (χ4n) is 2.87. The third-order valence-corrected chi connectivity index (χ3v) is 3.79. The van der Waals surface area contributed by atoms with Gasteiger partial charge in [0.1, 0.15) is 0 Å². The Morgan fingerprint density at radius 1 is 1.31 bits per heavy atom. The van der Waals surface area contributed by atoms with Gasteiger partial charge < -0.3 is 9.47 Å². The van der Waals surface area contributed by atoms with Gasteiger partial charge in [-0.05, 0) is 39.2 Å². The molecule has 1 aromatic heterocycles. The normalized spacial score (nSPS) is 19.2. The highest BCUT2D eigenvalue weighted by Crippen LogP contribution is 2.30. The van der Waals surface area contributed by atoms with Crippen LogP contribution in [0.3, 0.4) is 0 Å². The number of amides is 1. The van der Waals surface area contributed by atoms with Crippen molar-refractivity contribution in [2.24, 2.45) is 0 Å². The first-order valence-corrected chi connectivity index (χ1v) is 6.20. The molecule has 0 bridgehead atoms. The fourth-order valence-corrected chi connectivity index (χ4v) is 2.87. The third-order valence-electron chi connectivity index (χ3n) is 3.79. The van der Waals surface area contributed by atoms with Crippen molar-refractivity contribution in [3.8, 4) is 0 Å². The quantitative estimate of drug-likeness (QED) is 0.709. The molecule has 0 fully saturated rings. The lowest BCUT2D eigenvalue weighted by atomic mass is 10.1. The van der Waals surface area contributed by atoms with Crippen LogP contribution in [0.5, 0.6) is 0 Å². The number of carbonyl (C=O) groups excluding carboxylic acids is 1. The van der Waals surface area contributed by atoms with Gasteiger partial charge in [0.15, 0.2) is 0 Å². The first-order valence-electron chi connectivity index (χ1n) is 6.20. The smallest absolute Gasteiger partial charge is 0.256 e. The van der Waals surface area contributed by atoms with Crippen LogP contribution >= 0.6 is 0 Å². The second kappa shape index (κ2) is 3.37. The Morgan fingerprint density at radius 2 is 2.12 bits per heavy atom. The van der Waals surface area contributed by atoms with Crippen LogP contribution in [-0.4, -0.2) is 21.4 Å². The topological polar surface area (TPSA) is 25.2 Å². The van der Waals surface area contributed by atoms with E-state index in [2.05, 4.69) is 24.5 Å². The van der Waals surface area contributed by atoms with Crippen LogP contribution in [-0.2, 0) is 19.5 Å². The Morgan fingerprint density at radius 3 is 2.88 bits per heavy atom. The zero-order valence-corrected chi connectivity index (χ0v) is 9.99. The van der Waals surface area contributed by atoms with Crippen LogP contribution in [0.2, 0.25) is 0 Å². The number of aromatic nitrogens is 1. The monoisotopic (exact) mass is 218 g/mol. The molecule has 0 unspecified atom stereocenters. The number of hydrogen-bond acceptors (Lipinski definition) is 1. The van der Waals surface area contributed by atoms with Crippen molar-refractivity contribution in [2.45, 2.75) is 52.2 Å². The van der Waals surface area contributed by atoms with Crippen LogP contribution in [0, 0.1) is 0 Å². The van der Waals surface area contributed by atoms with Crippen LogP contribution < -0.4 is 0 Å². The van der Waals surface area contributed by atoms with E-state index in [9.17, 15) is 4.79 Å². The second-order valence-corrected chi connectivity index (χ2v) is 5.13. The lowest BCUT2D eigenvalue weighted by Gasteiger charge is -2.23. The molecule has 0 N–H and O–H groups in total. The number of nitrogens with zero attached hydrogens (tertiary/aromatic N) is 2. The standard InChI is InChI=1S/C13H18N2O/c1-9(2)15-8-12-11(13(15)16)7-10-5-3-4-6-14(10)12/h7,9H,3-6,8H2,1-2H3. The number of fused-ring (bicyclic) bond motifs is 3. The summed E-state index contributed by atoms with van der Waals surface area (Å²) in [5.41, 5.74) is 3.59. The minimum atomic E-state index is 0.229. The molecule has 0 atom stereocenters. The molecule has 2 aliphatic heterocycles. The predicted octanol–water partition coefficient (Wildman–Crippen LogP) is 2.19. The average Bonchev–Trinajstić information content (AvgIpc) is 2.76. The van der Waals surface area contributed by atoms with Gasteiger partial charge in [0.2, 0.25) is 0 Å². The summed E-state index contributed by atoms with van der Waals surface area (Å²) in [6, 6.07) is 2.43. The largest absolute Gasteiger partial charge is 0.346 e. The van der Waals surface area contributed by atoms with Crippen molar-refractivity contribution < 1.29 is 4.79 Å². The van der Waals surface area contributed by atoms with Crippen molar-refractivity contribution in [2.75, 3.05) is 0 Å². The van der Waals surface area contributed by atoms with E-state index in [-0.39, 0.29) is 5.91 Å². The van der Waals surface area contributed by atoms with Crippen molar-refractivity contribution >= 4 is 5.91 Å². The molecule has 0 aliphatic carbocycles. The molecule has 3 heterocycles.